The van der Waals surface area contributed by atoms with Gasteiger partial charge in [-0.25, -0.2) is 9.59 Å². The number of esters is 1. The van der Waals surface area contributed by atoms with Crippen molar-refractivity contribution in [1.29, 1.82) is 0 Å². The third-order valence-electron chi connectivity index (χ3n) is 5.67. The highest BCUT2D eigenvalue weighted by molar-refractivity contribution is 9.10. The molecule has 1 aliphatic heterocycles. The lowest BCUT2D eigenvalue weighted by molar-refractivity contribution is -0.153. The summed E-state index contributed by atoms with van der Waals surface area (Å²) in [5.74, 6) is -1.53. The number of methoxy groups -OCH3 is 1. The molecule has 0 aliphatic carbocycles. The third-order valence-corrected chi connectivity index (χ3v) is 6.16. The Labute approximate surface area is 200 Å². The van der Waals surface area contributed by atoms with Crippen LogP contribution in [0, 0.1) is 5.92 Å². The van der Waals surface area contributed by atoms with Crippen LogP contribution in [-0.4, -0.2) is 61.0 Å². The summed E-state index contributed by atoms with van der Waals surface area (Å²) in [5, 5.41) is 4.42. The van der Waals surface area contributed by atoms with Crippen molar-refractivity contribution in [3.05, 3.63) is 46.4 Å². The summed E-state index contributed by atoms with van der Waals surface area (Å²) in [6.07, 6.45) is 0.351. The standard InChI is InChI=1S/C24H27BrN2O6/c1-14(2)21(26-24(31)32-3)22(29)27-10-4-5-19(27)23(30)33-13-20(28)17-7-6-16-12-18(25)9-8-15(16)11-17/h6-9,11-12,14,19,21H,4-5,10,13H2,1-3H3,(H,26,31). The van der Waals surface area contributed by atoms with Gasteiger partial charge in [0, 0.05) is 16.6 Å². The lowest BCUT2D eigenvalue weighted by atomic mass is 10.0. The number of ketones is 1. The van der Waals surface area contributed by atoms with E-state index >= 15 is 0 Å². The van der Waals surface area contributed by atoms with E-state index in [0.29, 0.717) is 24.9 Å². The first kappa shape index (κ1) is 24.7. The largest absolute Gasteiger partial charge is 0.456 e. The quantitative estimate of drug-likeness (QED) is 0.442. The van der Waals surface area contributed by atoms with Gasteiger partial charge in [0.15, 0.2) is 12.4 Å². The van der Waals surface area contributed by atoms with Crippen molar-refractivity contribution in [2.75, 3.05) is 20.3 Å². The zero-order chi connectivity index (χ0) is 24.1. The van der Waals surface area contributed by atoms with Crippen LogP contribution < -0.4 is 5.32 Å². The first-order chi connectivity index (χ1) is 15.7. The second-order valence-electron chi connectivity index (χ2n) is 8.28. The number of carbonyl (C=O) groups is 4. The van der Waals surface area contributed by atoms with Crippen LogP contribution >= 0.6 is 15.9 Å². The first-order valence-corrected chi connectivity index (χ1v) is 11.5. The smallest absolute Gasteiger partial charge is 0.407 e. The fourth-order valence-corrected chi connectivity index (χ4v) is 4.24. The van der Waals surface area contributed by atoms with Crippen LogP contribution in [0.15, 0.2) is 40.9 Å². The van der Waals surface area contributed by atoms with Gasteiger partial charge in [-0.05, 0) is 47.7 Å². The van der Waals surface area contributed by atoms with Crippen LogP contribution in [0.25, 0.3) is 10.8 Å². The summed E-state index contributed by atoms with van der Waals surface area (Å²) in [6.45, 7) is 3.55. The summed E-state index contributed by atoms with van der Waals surface area (Å²) in [5.41, 5.74) is 0.444. The first-order valence-electron chi connectivity index (χ1n) is 10.8. The van der Waals surface area contributed by atoms with Crippen LogP contribution in [0.3, 0.4) is 0 Å². The number of hydrogen-bond donors (Lipinski definition) is 1. The maximum atomic E-state index is 13.0. The fourth-order valence-electron chi connectivity index (χ4n) is 3.86. The van der Waals surface area contributed by atoms with Gasteiger partial charge in [0.1, 0.15) is 12.1 Å². The van der Waals surface area contributed by atoms with E-state index in [0.717, 1.165) is 15.2 Å². The van der Waals surface area contributed by atoms with Crippen molar-refractivity contribution in [2.45, 2.75) is 38.8 Å². The molecule has 2 unspecified atom stereocenters. The lowest BCUT2D eigenvalue weighted by Gasteiger charge is -2.29. The number of nitrogens with one attached hydrogen (secondary N) is 1. The molecule has 33 heavy (non-hydrogen) atoms. The number of alkyl carbamates (subject to hydrolysis) is 1. The number of rotatable bonds is 7. The average molecular weight is 519 g/mol. The van der Waals surface area contributed by atoms with Crippen LogP contribution in [0.2, 0.25) is 0 Å². The topological polar surface area (TPSA) is 102 Å². The van der Waals surface area contributed by atoms with Gasteiger partial charge < -0.3 is 19.7 Å². The molecule has 0 bridgehead atoms. The van der Waals surface area contributed by atoms with Crippen molar-refractivity contribution >= 4 is 50.5 Å². The second-order valence-corrected chi connectivity index (χ2v) is 9.20. The maximum absolute atomic E-state index is 13.0. The minimum absolute atomic E-state index is 0.205. The molecule has 0 radical (unpaired) electrons. The lowest BCUT2D eigenvalue weighted by Crippen LogP contribution is -2.54. The highest BCUT2D eigenvalue weighted by atomic mass is 79.9. The van der Waals surface area contributed by atoms with Crippen LogP contribution in [0.4, 0.5) is 4.79 Å². The molecule has 3 rings (SSSR count). The van der Waals surface area contributed by atoms with Gasteiger partial charge in [-0.2, -0.15) is 0 Å². The number of likely N-dealkylation sites (tertiary alicyclic amines) is 1. The Bertz CT molecular complexity index is 1070. The number of Topliss-reactive ketones (excluding diaryl/α,β-unsaturated/α-hetero) is 1. The molecule has 1 N–H and O–H groups in total. The molecule has 1 saturated heterocycles. The van der Waals surface area contributed by atoms with Gasteiger partial charge >= 0.3 is 12.1 Å². The summed E-state index contributed by atoms with van der Waals surface area (Å²) < 4.78 is 10.8. The van der Waals surface area contributed by atoms with Crippen LogP contribution in [-0.2, 0) is 19.1 Å². The highest BCUT2D eigenvalue weighted by Crippen LogP contribution is 2.23. The van der Waals surface area contributed by atoms with Gasteiger partial charge in [0.2, 0.25) is 5.91 Å². The van der Waals surface area contributed by atoms with E-state index < -0.39 is 30.8 Å². The van der Waals surface area contributed by atoms with E-state index in [9.17, 15) is 19.2 Å². The summed E-state index contributed by atoms with van der Waals surface area (Å²) >= 11 is 3.42. The van der Waals surface area contributed by atoms with Crippen molar-refractivity contribution in [3.8, 4) is 0 Å². The Hall–Kier alpha value is -2.94. The molecule has 8 nitrogen and oxygen atoms in total. The van der Waals surface area contributed by atoms with Crippen LogP contribution in [0.5, 0.6) is 0 Å². The van der Waals surface area contributed by atoms with E-state index in [1.165, 1.54) is 12.0 Å². The predicted molar refractivity (Wildman–Crippen MR) is 126 cm³/mol. The van der Waals surface area contributed by atoms with Gasteiger partial charge in [-0.3, -0.25) is 9.59 Å². The van der Waals surface area contributed by atoms with E-state index in [1.807, 2.05) is 24.3 Å². The fraction of sp³-hybridized carbons (Fsp3) is 0.417. The number of ether oxygens (including phenoxy) is 2. The highest BCUT2D eigenvalue weighted by Gasteiger charge is 2.39. The monoisotopic (exact) mass is 518 g/mol. The maximum Gasteiger partial charge on any atom is 0.407 e. The molecule has 0 saturated carbocycles. The molecule has 1 aliphatic rings. The minimum Gasteiger partial charge on any atom is -0.456 e. The number of nitrogens with zero attached hydrogens (tertiary/aromatic N) is 1. The number of fused-ring (bicyclic) bond motifs is 1. The van der Waals surface area contributed by atoms with Crippen molar-refractivity contribution in [3.63, 3.8) is 0 Å². The van der Waals surface area contributed by atoms with Crippen LogP contribution in [0.1, 0.15) is 37.0 Å². The molecule has 2 aromatic rings. The van der Waals surface area contributed by atoms with Gasteiger partial charge in [0.05, 0.1) is 7.11 Å². The average Bonchev–Trinajstić information content (AvgIpc) is 3.29. The van der Waals surface area contributed by atoms with Gasteiger partial charge in [-0.1, -0.05) is 48.0 Å². The number of hydrogen-bond acceptors (Lipinski definition) is 6. The molecule has 2 aromatic carbocycles. The number of benzene rings is 2. The van der Waals surface area contributed by atoms with E-state index in [2.05, 4.69) is 26.0 Å². The predicted octanol–water partition coefficient (Wildman–Crippen LogP) is 3.70. The zero-order valence-corrected chi connectivity index (χ0v) is 20.4. The second kappa shape index (κ2) is 10.8. The van der Waals surface area contributed by atoms with Crippen molar-refractivity contribution in [1.82, 2.24) is 10.2 Å². The molecule has 1 fully saturated rings. The van der Waals surface area contributed by atoms with Gasteiger partial charge in [0.25, 0.3) is 0 Å². The Morgan fingerprint density at radius 2 is 1.82 bits per heavy atom. The third kappa shape index (κ3) is 5.90. The van der Waals surface area contributed by atoms with E-state index in [-0.39, 0.29) is 17.6 Å². The molecular weight excluding hydrogens is 492 g/mol. The Morgan fingerprint density at radius 1 is 1.12 bits per heavy atom. The summed E-state index contributed by atoms with van der Waals surface area (Å²) in [6, 6.07) is 9.42. The SMILES string of the molecule is COC(=O)NC(C(=O)N1CCCC1C(=O)OCC(=O)c1ccc2cc(Br)ccc2c1)C(C)C. The Morgan fingerprint density at radius 3 is 2.52 bits per heavy atom. The van der Waals surface area contributed by atoms with E-state index in [1.54, 1.807) is 26.0 Å². The molecule has 9 heteroatoms. The molecule has 176 valence electrons. The summed E-state index contributed by atoms with van der Waals surface area (Å²) in [4.78, 5) is 51.4. The molecule has 0 aromatic heterocycles. The number of carbonyl (C=O) groups excluding carboxylic acids is 4. The Balaban J connectivity index is 1.64. The summed E-state index contributed by atoms with van der Waals surface area (Å²) in [7, 11) is 1.22. The normalized spacial score (nSPS) is 16.5. The Kier molecular flexibility index (Phi) is 8.07. The molecule has 2 amide bonds. The molecular formula is C24H27BrN2O6. The van der Waals surface area contributed by atoms with Crippen molar-refractivity contribution < 1.29 is 28.7 Å². The number of amides is 2. The molecule has 0 spiro atoms. The molecule has 1 heterocycles. The van der Waals surface area contributed by atoms with Gasteiger partial charge in [-0.15, -0.1) is 0 Å². The minimum atomic E-state index is -0.829. The zero-order valence-electron chi connectivity index (χ0n) is 18.8. The number of halogens is 1. The van der Waals surface area contributed by atoms with Crippen molar-refractivity contribution in [2.24, 2.45) is 5.92 Å². The van der Waals surface area contributed by atoms with E-state index in [4.69, 9.17) is 4.74 Å². The molecule has 2 atom stereocenters.